The minimum absolute atomic E-state index is 0.162. The van der Waals surface area contributed by atoms with E-state index in [-0.39, 0.29) is 10.8 Å². The van der Waals surface area contributed by atoms with Crippen molar-refractivity contribution in [2.75, 3.05) is 39.4 Å². The van der Waals surface area contributed by atoms with Gasteiger partial charge in [0.15, 0.2) is 0 Å². The lowest BCUT2D eigenvalue weighted by molar-refractivity contribution is 0.0730. The van der Waals surface area contributed by atoms with Crippen LogP contribution in [0.5, 0.6) is 0 Å². The Labute approximate surface area is 130 Å². The topological polar surface area (TPSA) is 102 Å². The van der Waals surface area contributed by atoms with Crippen LogP contribution in [0.3, 0.4) is 0 Å². The number of carbonyl (C=O) groups is 1. The van der Waals surface area contributed by atoms with E-state index in [9.17, 15) is 13.2 Å². The molecule has 0 aromatic heterocycles. The van der Waals surface area contributed by atoms with Crippen molar-refractivity contribution in [1.29, 1.82) is 0 Å². The Bertz CT molecular complexity index is 639. The first kappa shape index (κ1) is 16.9. The van der Waals surface area contributed by atoms with Crippen LogP contribution in [0, 0.1) is 6.92 Å². The number of nitrogens with zero attached hydrogens (tertiary/aromatic N) is 1. The number of hydrogen-bond donors (Lipinski definition) is 2. The lowest BCUT2D eigenvalue weighted by atomic mass is 10.1. The first-order valence-corrected chi connectivity index (χ1v) is 8.57. The van der Waals surface area contributed by atoms with E-state index in [2.05, 4.69) is 5.32 Å². The highest BCUT2D eigenvalue weighted by Crippen LogP contribution is 2.22. The molecule has 0 unspecified atom stereocenters. The van der Waals surface area contributed by atoms with Crippen LogP contribution in [0.4, 0.5) is 0 Å². The number of ether oxygens (including phenoxy) is 1. The van der Waals surface area contributed by atoms with Gasteiger partial charge in [-0.2, -0.15) is 4.31 Å². The molecule has 1 aliphatic heterocycles. The van der Waals surface area contributed by atoms with Crippen molar-refractivity contribution in [3.05, 3.63) is 29.3 Å². The third-order valence-electron chi connectivity index (χ3n) is 3.47. The number of carbonyl (C=O) groups excluding carboxylic acids is 1. The SMILES string of the molecule is Cc1ccc(C(=O)NCCN)cc1S(=O)(=O)N1CCOCC1. The molecule has 1 aliphatic rings. The van der Waals surface area contributed by atoms with Crippen molar-refractivity contribution in [3.63, 3.8) is 0 Å². The Kier molecular flexibility index (Phi) is 5.52. The molecule has 122 valence electrons. The fourth-order valence-corrected chi connectivity index (χ4v) is 3.89. The number of sulfonamides is 1. The average Bonchev–Trinajstić information content (AvgIpc) is 2.53. The van der Waals surface area contributed by atoms with Gasteiger partial charge in [0.25, 0.3) is 5.91 Å². The summed E-state index contributed by atoms with van der Waals surface area (Å²) < 4.78 is 32.0. The molecule has 0 bridgehead atoms. The Hall–Kier alpha value is -1.48. The third-order valence-corrected chi connectivity index (χ3v) is 5.51. The predicted octanol–water partition coefficient (Wildman–Crippen LogP) is -0.296. The highest BCUT2D eigenvalue weighted by atomic mass is 32.2. The molecule has 0 spiro atoms. The quantitative estimate of drug-likeness (QED) is 0.773. The number of hydrogen-bond acceptors (Lipinski definition) is 5. The van der Waals surface area contributed by atoms with Gasteiger partial charge >= 0.3 is 0 Å². The first-order valence-electron chi connectivity index (χ1n) is 7.13. The molecule has 1 aromatic carbocycles. The predicted molar refractivity (Wildman–Crippen MR) is 82.1 cm³/mol. The molecule has 22 heavy (non-hydrogen) atoms. The zero-order valence-electron chi connectivity index (χ0n) is 12.5. The van der Waals surface area contributed by atoms with E-state index in [0.717, 1.165) is 0 Å². The minimum atomic E-state index is -3.62. The molecule has 8 heteroatoms. The fourth-order valence-electron chi connectivity index (χ4n) is 2.23. The lowest BCUT2D eigenvalue weighted by Crippen LogP contribution is -2.41. The van der Waals surface area contributed by atoms with Crippen LogP contribution in [-0.4, -0.2) is 58.0 Å². The van der Waals surface area contributed by atoms with Crippen LogP contribution in [0.25, 0.3) is 0 Å². The highest BCUT2D eigenvalue weighted by molar-refractivity contribution is 7.89. The summed E-state index contributed by atoms with van der Waals surface area (Å²) in [5, 5.41) is 2.63. The summed E-state index contributed by atoms with van der Waals surface area (Å²) >= 11 is 0. The monoisotopic (exact) mass is 327 g/mol. The van der Waals surface area contributed by atoms with Gasteiger partial charge in [0.2, 0.25) is 10.0 Å². The van der Waals surface area contributed by atoms with Gasteiger partial charge in [-0.15, -0.1) is 0 Å². The molecular formula is C14H21N3O4S. The molecule has 2 rings (SSSR count). The van der Waals surface area contributed by atoms with Gasteiger partial charge in [-0.3, -0.25) is 4.79 Å². The molecule has 1 heterocycles. The van der Waals surface area contributed by atoms with Crippen molar-refractivity contribution in [3.8, 4) is 0 Å². The number of amides is 1. The first-order chi connectivity index (χ1) is 10.5. The van der Waals surface area contributed by atoms with E-state index >= 15 is 0 Å². The molecule has 1 aromatic rings. The van der Waals surface area contributed by atoms with Gasteiger partial charge in [-0.1, -0.05) is 6.07 Å². The van der Waals surface area contributed by atoms with Crippen molar-refractivity contribution >= 4 is 15.9 Å². The zero-order valence-corrected chi connectivity index (χ0v) is 13.4. The van der Waals surface area contributed by atoms with E-state index in [0.29, 0.717) is 50.5 Å². The summed E-state index contributed by atoms with van der Waals surface area (Å²) in [6, 6.07) is 4.68. The van der Waals surface area contributed by atoms with Gasteiger partial charge in [-0.05, 0) is 24.6 Å². The van der Waals surface area contributed by atoms with Gasteiger partial charge in [0.1, 0.15) is 0 Å². The highest BCUT2D eigenvalue weighted by Gasteiger charge is 2.28. The second-order valence-electron chi connectivity index (χ2n) is 5.04. The maximum atomic E-state index is 12.7. The summed E-state index contributed by atoms with van der Waals surface area (Å²) in [5.41, 5.74) is 6.27. The maximum absolute atomic E-state index is 12.7. The van der Waals surface area contributed by atoms with Crippen LogP contribution >= 0.6 is 0 Å². The van der Waals surface area contributed by atoms with Crippen molar-refractivity contribution in [2.24, 2.45) is 5.73 Å². The van der Waals surface area contributed by atoms with Gasteiger partial charge in [0.05, 0.1) is 18.1 Å². The van der Waals surface area contributed by atoms with Crippen LogP contribution < -0.4 is 11.1 Å². The van der Waals surface area contributed by atoms with Crippen molar-refractivity contribution < 1.29 is 17.9 Å². The molecule has 0 saturated carbocycles. The third kappa shape index (κ3) is 3.64. The number of benzene rings is 1. The molecule has 3 N–H and O–H groups in total. The van der Waals surface area contributed by atoms with E-state index in [4.69, 9.17) is 10.5 Å². The van der Waals surface area contributed by atoms with Crippen molar-refractivity contribution in [2.45, 2.75) is 11.8 Å². The largest absolute Gasteiger partial charge is 0.379 e. The number of nitrogens with two attached hydrogens (primary N) is 1. The summed E-state index contributed by atoms with van der Waals surface area (Å²) in [6.45, 7) is 3.81. The van der Waals surface area contributed by atoms with E-state index in [1.54, 1.807) is 19.1 Å². The Balaban J connectivity index is 2.31. The summed E-state index contributed by atoms with van der Waals surface area (Å²) in [7, 11) is -3.62. The van der Waals surface area contributed by atoms with E-state index in [1.165, 1.54) is 10.4 Å². The molecule has 0 aliphatic carbocycles. The second-order valence-corrected chi connectivity index (χ2v) is 6.95. The van der Waals surface area contributed by atoms with E-state index < -0.39 is 10.0 Å². The van der Waals surface area contributed by atoms with Crippen LogP contribution in [0.15, 0.2) is 23.1 Å². The smallest absolute Gasteiger partial charge is 0.251 e. The second kappa shape index (κ2) is 7.19. The molecule has 0 atom stereocenters. The Morgan fingerprint density at radius 2 is 2.05 bits per heavy atom. The molecule has 1 fully saturated rings. The summed E-state index contributed by atoms with van der Waals surface area (Å²) in [6.07, 6.45) is 0. The molecular weight excluding hydrogens is 306 g/mol. The van der Waals surface area contributed by atoms with Gasteiger partial charge in [-0.25, -0.2) is 8.42 Å². The fraction of sp³-hybridized carbons (Fsp3) is 0.500. The number of rotatable bonds is 5. The zero-order chi connectivity index (χ0) is 16.2. The summed E-state index contributed by atoms with van der Waals surface area (Å²) in [4.78, 5) is 12.1. The van der Waals surface area contributed by atoms with Crippen LogP contribution in [-0.2, 0) is 14.8 Å². The Morgan fingerprint density at radius 3 is 2.68 bits per heavy atom. The number of morpholine rings is 1. The number of nitrogens with one attached hydrogen (secondary N) is 1. The minimum Gasteiger partial charge on any atom is -0.379 e. The normalized spacial score (nSPS) is 16.5. The van der Waals surface area contributed by atoms with Crippen LogP contribution in [0.1, 0.15) is 15.9 Å². The van der Waals surface area contributed by atoms with Crippen molar-refractivity contribution in [1.82, 2.24) is 9.62 Å². The molecule has 0 radical (unpaired) electrons. The van der Waals surface area contributed by atoms with E-state index in [1.807, 2.05) is 0 Å². The molecule has 1 saturated heterocycles. The summed E-state index contributed by atoms with van der Waals surface area (Å²) in [5.74, 6) is -0.330. The van der Waals surface area contributed by atoms with Gasteiger partial charge in [0, 0.05) is 31.7 Å². The molecule has 1 amide bonds. The van der Waals surface area contributed by atoms with Gasteiger partial charge < -0.3 is 15.8 Å². The number of aryl methyl sites for hydroxylation is 1. The Morgan fingerprint density at radius 1 is 1.36 bits per heavy atom. The maximum Gasteiger partial charge on any atom is 0.251 e. The lowest BCUT2D eigenvalue weighted by Gasteiger charge is -2.26. The van der Waals surface area contributed by atoms with Crippen LogP contribution in [0.2, 0.25) is 0 Å². The molecule has 7 nitrogen and oxygen atoms in total. The average molecular weight is 327 g/mol. The standard InChI is InChI=1S/C14H21N3O4S/c1-11-2-3-12(14(18)16-5-4-15)10-13(11)22(19,20)17-6-8-21-9-7-17/h2-3,10H,4-9,15H2,1H3,(H,16,18).